The molecular formula is C22H21FN2O5. The molecule has 1 atom stereocenters. The Morgan fingerprint density at radius 1 is 1.20 bits per heavy atom. The summed E-state index contributed by atoms with van der Waals surface area (Å²) in [7, 11) is 1.38. The van der Waals surface area contributed by atoms with E-state index in [4.69, 9.17) is 13.9 Å². The van der Waals surface area contributed by atoms with Crippen molar-refractivity contribution in [2.24, 2.45) is 5.10 Å². The first kappa shape index (κ1) is 21.0. The van der Waals surface area contributed by atoms with Gasteiger partial charge >= 0.3 is 5.63 Å². The summed E-state index contributed by atoms with van der Waals surface area (Å²) in [5.41, 5.74) is 4.03. The highest BCUT2D eigenvalue weighted by molar-refractivity contribution is 5.99. The molecule has 0 radical (unpaired) electrons. The highest BCUT2D eigenvalue weighted by atomic mass is 19.1. The molecule has 0 fully saturated rings. The zero-order chi connectivity index (χ0) is 21.8. The van der Waals surface area contributed by atoms with Crippen molar-refractivity contribution >= 4 is 22.6 Å². The fourth-order valence-electron chi connectivity index (χ4n) is 2.82. The van der Waals surface area contributed by atoms with Crippen LogP contribution in [0.3, 0.4) is 0 Å². The van der Waals surface area contributed by atoms with Gasteiger partial charge < -0.3 is 13.9 Å². The van der Waals surface area contributed by atoms with E-state index in [1.165, 1.54) is 25.3 Å². The smallest absolute Gasteiger partial charge is 0.336 e. The molecule has 1 amide bonds. The molecule has 0 bridgehead atoms. The maximum atomic E-state index is 13.8. The molecule has 0 saturated heterocycles. The van der Waals surface area contributed by atoms with E-state index >= 15 is 0 Å². The number of amides is 1. The molecule has 0 unspecified atom stereocenters. The summed E-state index contributed by atoms with van der Waals surface area (Å²) in [6.07, 6.45) is -0.872. The Hall–Kier alpha value is -3.68. The van der Waals surface area contributed by atoms with E-state index in [2.05, 4.69) is 10.5 Å². The molecule has 156 valence electrons. The number of hydrazone groups is 1. The van der Waals surface area contributed by atoms with Gasteiger partial charge in [-0.15, -0.1) is 0 Å². The van der Waals surface area contributed by atoms with E-state index in [-0.39, 0.29) is 5.75 Å². The third-order valence-corrected chi connectivity index (χ3v) is 4.51. The number of methoxy groups -OCH3 is 1. The van der Waals surface area contributed by atoms with E-state index < -0.39 is 23.5 Å². The van der Waals surface area contributed by atoms with Crippen molar-refractivity contribution in [3.63, 3.8) is 0 Å². The lowest BCUT2D eigenvalue weighted by atomic mass is 10.1. The third kappa shape index (κ3) is 4.65. The van der Waals surface area contributed by atoms with Crippen molar-refractivity contribution in [1.82, 2.24) is 5.43 Å². The predicted molar refractivity (Wildman–Crippen MR) is 111 cm³/mol. The number of nitrogens with one attached hydrogen (secondary N) is 1. The molecule has 0 aliphatic rings. The Morgan fingerprint density at radius 3 is 2.67 bits per heavy atom. The first-order valence-electron chi connectivity index (χ1n) is 9.17. The number of rotatable bonds is 6. The maximum absolute atomic E-state index is 13.8. The van der Waals surface area contributed by atoms with Crippen LogP contribution in [0.25, 0.3) is 11.0 Å². The minimum atomic E-state index is -0.872. The first-order valence-corrected chi connectivity index (χ1v) is 9.17. The van der Waals surface area contributed by atoms with Crippen molar-refractivity contribution in [1.29, 1.82) is 0 Å². The van der Waals surface area contributed by atoms with Gasteiger partial charge in [0.15, 0.2) is 17.7 Å². The lowest BCUT2D eigenvalue weighted by Crippen LogP contribution is -2.33. The summed E-state index contributed by atoms with van der Waals surface area (Å²) in [5, 5.41) is 4.78. The van der Waals surface area contributed by atoms with Crippen LogP contribution in [0.2, 0.25) is 0 Å². The Kier molecular flexibility index (Phi) is 6.15. The van der Waals surface area contributed by atoms with E-state index in [9.17, 15) is 14.0 Å². The van der Waals surface area contributed by atoms with E-state index in [1.807, 2.05) is 6.92 Å². The average Bonchev–Trinajstić information content (AvgIpc) is 2.71. The number of fused-ring (bicyclic) bond motifs is 1. The summed E-state index contributed by atoms with van der Waals surface area (Å²) >= 11 is 0. The zero-order valence-corrected chi connectivity index (χ0v) is 17.0. The average molecular weight is 412 g/mol. The van der Waals surface area contributed by atoms with Crippen molar-refractivity contribution in [3.05, 3.63) is 69.8 Å². The van der Waals surface area contributed by atoms with Crippen molar-refractivity contribution < 1.29 is 23.1 Å². The number of aryl methyl sites for hydroxylation is 1. The minimum Gasteiger partial charge on any atom is -0.494 e. The lowest BCUT2D eigenvalue weighted by molar-refractivity contribution is -0.127. The predicted octanol–water partition coefficient (Wildman–Crippen LogP) is 3.56. The molecule has 1 aromatic heterocycles. The van der Waals surface area contributed by atoms with Crippen molar-refractivity contribution in [3.8, 4) is 11.5 Å². The fourth-order valence-corrected chi connectivity index (χ4v) is 2.82. The molecule has 3 rings (SSSR count). The summed E-state index contributed by atoms with van der Waals surface area (Å²) < 4.78 is 29.5. The van der Waals surface area contributed by atoms with Gasteiger partial charge in [-0.3, -0.25) is 4.79 Å². The highest BCUT2D eigenvalue weighted by Crippen LogP contribution is 2.23. The normalized spacial score (nSPS) is 12.5. The monoisotopic (exact) mass is 412 g/mol. The summed E-state index contributed by atoms with van der Waals surface area (Å²) in [6, 6.07) is 10.8. The Bertz CT molecular complexity index is 1190. The number of benzene rings is 2. The second kappa shape index (κ2) is 8.77. The van der Waals surface area contributed by atoms with Crippen molar-refractivity contribution in [2.75, 3.05) is 7.11 Å². The van der Waals surface area contributed by atoms with Gasteiger partial charge in [-0.1, -0.05) is 0 Å². The Balaban J connectivity index is 1.68. The van der Waals surface area contributed by atoms with Crippen LogP contribution in [-0.2, 0) is 4.79 Å². The molecule has 1 N–H and O–H groups in total. The van der Waals surface area contributed by atoms with Crippen LogP contribution in [0.4, 0.5) is 4.39 Å². The molecule has 0 saturated carbocycles. The number of carbonyl (C=O) groups excluding carboxylic acids is 1. The highest BCUT2D eigenvalue weighted by Gasteiger charge is 2.15. The van der Waals surface area contributed by atoms with Gasteiger partial charge in [-0.05, 0) is 56.7 Å². The Morgan fingerprint density at radius 2 is 1.97 bits per heavy atom. The molecule has 3 aromatic rings. The molecule has 8 heteroatoms. The van der Waals surface area contributed by atoms with Crippen LogP contribution >= 0.6 is 0 Å². The van der Waals surface area contributed by atoms with Gasteiger partial charge in [-0.2, -0.15) is 5.10 Å². The second-order valence-electron chi connectivity index (χ2n) is 6.69. The van der Waals surface area contributed by atoms with Crippen molar-refractivity contribution in [2.45, 2.75) is 26.9 Å². The van der Waals surface area contributed by atoms with Gasteiger partial charge in [-0.25, -0.2) is 14.6 Å². The van der Waals surface area contributed by atoms with Crippen LogP contribution in [0.5, 0.6) is 11.5 Å². The van der Waals surface area contributed by atoms with Gasteiger partial charge in [0.1, 0.15) is 11.3 Å². The van der Waals surface area contributed by atoms with Crippen LogP contribution < -0.4 is 20.5 Å². The van der Waals surface area contributed by atoms with Gasteiger partial charge in [0.25, 0.3) is 5.91 Å². The minimum absolute atomic E-state index is 0.124. The standard InChI is InChI=1S/C22H21FN2O5/c1-12-9-21(26)30-20-11-16(6-7-17(12)20)29-14(3)22(27)25-24-13(2)15-5-8-19(28-4)18(23)10-15/h5-11,14H,1-4H3,(H,25,27)/b24-13-/t14-/m0/s1. The molecule has 0 aliphatic heterocycles. The zero-order valence-electron chi connectivity index (χ0n) is 17.0. The van der Waals surface area contributed by atoms with Crippen LogP contribution in [0.1, 0.15) is 25.0 Å². The third-order valence-electron chi connectivity index (χ3n) is 4.51. The number of ether oxygens (including phenoxy) is 2. The molecular weight excluding hydrogens is 391 g/mol. The first-order chi connectivity index (χ1) is 14.3. The molecule has 2 aromatic carbocycles. The second-order valence-corrected chi connectivity index (χ2v) is 6.69. The molecule has 1 heterocycles. The molecule has 7 nitrogen and oxygen atoms in total. The van der Waals surface area contributed by atoms with Crippen LogP contribution in [-0.4, -0.2) is 24.8 Å². The van der Waals surface area contributed by atoms with Crippen LogP contribution in [0, 0.1) is 12.7 Å². The van der Waals surface area contributed by atoms with E-state index in [1.54, 1.807) is 38.1 Å². The van der Waals surface area contributed by atoms with E-state index in [0.29, 0.717) is 22.6 Å². The Labute approximate surface area is 172 Å². The summed E-state index contributed by atoms with van der Waals surface area (Å²) in [4.78, 5) is 23.9. The SMILES string of the molecule is COc1ccc(/C(C)=N\NC(=O)[C@H](C)Oc2ccc3c(C)cc(=O)oc3c2)cc1F. The van der Waals surface area contributed by atoms with Gasteiger partial charge in [0.05, 0.1) is 12.8 Å². The number of halogens is 1. The molecule has 0 aliphatic carbocycles. The summed E-state index contributed by atoms with van der Waals surface area (Å²) in [5.74, 6) is -0.518. The van der Waals surface area contributed by atoms with E-state index in [0.717, 1.165) is 10.9 Å². The van der Waals surface area contributed by atoms with Gasteiger partial charge in [0.2, 0.25) is 0 Å². The quantitative estimate of drug-likeness (QED) is 0.380. The largest absolute Gasteiger partial charge is 0.494 e. The molecule has 0 spiro atoms. The topological polar surface area (TPSA) is 90.1 Å². The number of hydrogen-bond donors (Lipinski definition) is 1. The van der Waals surface area contributed by atoms with Gasteiger partial charge in [0, 0.05) is 23.1 Å². The lowest BCUT2D eigenvalue weighted by Gasteiger charge is -2.14. The number of nitrogens with zero attached hydrogens (tertiary/aromatic N) is 1. The number of hydrogen-bond acceptors (Lipinski definition) is 6. The number of carbonyl (C=O) groups is 1. The fraction of sp³-hybridized carbons (Fsp3) is 0.227. The molecule has 30 heavy (non-hydrogen) atoms. The maximum Gasteiger partial charge on any atom is 0.336 e. The van der Waals surface area contributed by atoms with Crippen LogP contribution in [0.15, 0.2) is 56.8 Å². The summed E-state index contributed by atoms with van der Waals surface area (Å²) in [6.45, 7) is 5.01.